The van der Waals surface area contributed by atoms with Crippen molar-refractivity contribution in [2.24, 2.45) is 11.8 Å². The van der Waals surface area contributed by atoms with Gasteiger partial charge in [0.1, 0.15) is 0 Å². The summed E-state index contributed by atoms with van der Waals surface area (Å²) in [5.74, 6) is -3.63. The van der Waals surface area contributed by atoms with Crippen LogP contribution in [-0.4, -0.2) is 17.3 Å². The fraction of sp³-hybridized carbons (Fsp3) is 0.857. The van der Waals surface area contributed by atoms with Gasteiger partial charge in [-0.15, -0.1) is 0 Å². The number of alkyl halides is 3. The van der Waals surface area contributed by atoms with Gasteiger partial charge in [0.05, 0.1) is 5.92 Å². The molecule has 0 amide bonds. The van der Waals surface area contributed by atoms with E-state index in [4.69, 9.17) is 5.11 Å². The second-order valence-corrected chi connectivity index (χ2v) is 2.91. The van der Waals surface area contributed by atoms with E-state index in [0.717, 1.165) is 6.92 Å². The molecule has 0 aliphatic rings. The number of hydrogen-bond donors (Lipinski definition) is 1. The number of halogens is 3. The quantitative estimate of drug-likeness (QED) is 0.730. The molecule has 2 unspecified atom stereocenters. The van der Waals surface area contributed by atoms with E-state index in [1.165, 1.54) is 6.92 Å². The number of aliphatic carboxylic acids is 1. The fourth-order valence-electron chi connectivity index (χ4n) is 0.775. The summed E-state index contributed by atoms with van der Waals surface area (Å²) in [6, 6.07) is 0. The molecule has 0 saturated heterocycles. The Kier molecular flexibility index (Phi) is 3.55. The monoisotopic (exact) mass is 184 g/mol. The molecule has 0 aromatic rings. The van der Waals surface area contributed by atoms with E-state index in [0.29, 0.717) is 0 Å². The molecule has 12 heavy (non-hydrogen) atoms. The minimum Gasteiger partial charge on any atom is -0.481 e. The van der Waals surface area contributed by atoms with Gasteiger partial charge in [0.15, 0.2) is 0 Å². The number of hydrogen-bond acceptors (Lipinski definition) is 1. The Hall–Kier alpha value is -0.740. The second kappa shape index (κ2) is 3.78. The van der Waals surface area contributed by atoms with E-state index in [-0.39, 0.29) is 0 Å². The normalized spacial score (nSPS) is 17.1. The van der Waals surface area contributed by atoms with Gasteiger partial charge in [0.25, 0.3) is 0 Å². The lowest BCUT2D eigenvalue weighted by molar-refractivity contribution is -0.183. The highest BCUT2D eigenvalue weighted by Crippen LogP contribution is 2.32. The SMILES string of the molecule is CC(CC(=O)O)C(C)C(F)(F)F. The van der Waals surface area contributed by atoms with E-state index in [9.17, 15) is 18.0 Å². The van der Waals surface area contributed by atoms with Crippen LogP contribution in [0.1, 0.15) is 20.3 Å². The summed E-state index contributed by atoms with van der Waals surface area (Å²) >= 11 is 0. The first-order valence-electron chi connectivity index (χ1n) is 3.53. The topological polar surface area (TPSA) is 37.3 Å². The van der Waals surface area contributed by atoms with Gasteiger partial charge in [0, 0.05) is 6.42 Å². The maximum Gasteiger partial charge on any atom is 0.391 e. The third-order valence-electron chi connectivity index (χ3n) is 1.87. The highest BCUT2D eigenvalue weighted by Gasteiger charge is 2.39. The molecule has 2 atom stereocenters. The first-order valence-corrected chi connectivity index (χ1v) is 3.53. The van der Waals surface area contributed by atoms with Crippen LogP contribution in [0.4, 0.5) is 13.2 Å². The Morgan fingerprint density at radius 3 is 2.08 bits per heavy atom. The first-order chi connectivity index (χ1) is 5.25. The predicted molar refractivity (Wildman–Crippen MR) is 36.6 cm³/mol. The summed E-state index contributed by atoms with van der Waals surface area (Å²) < 4.78 is 35.9. The Labute approximate surface area is 68.4 Å². The molecule has 0 saturated carbocycles. The standard InChI is InChI=1S/C7H11F3O2/c1-4(3-6(11)12)5(2)7(8,9)10/h4-5H,3H2,1-2H3,(H,11,12). The lowest BCUT2D eigenvalue weighted by atomic mass is 9.92. The van der Waals surface area contributed by atoms with Gasteiger partial charge < -0.3 is 5.11 Å². The zero-order valence-corrected chi connectivity index (χ0v) is 6.85. The van der Waals surface area contributed by atoms with Crippen LogP contribution in [0.2, 0.25) is 0 Å². The zero-order chi connectivity index (χ0) is 9.94. The summed E-state index contributed by atoms with van der Waals surface area (Å²) in [7, 11) is 0. The first kappa shape index (κ1) is 11.3. The van der Waals surface area contributed by atoms with Crippen LogP contribution >= 0.6 is 0 Å². The van der Waals surface area contributed by atoms with Crippen molar-refractivity contribution in [2.45, 2.75) is 26.4 Å². The predicted octanol–water partition coefficient (Wildman–Crippen LogP) is 2.30. The van der Waals surface area contributed by atoms with Crippen molar-refractivity contribution >= 4 is 5.97 Å². The number of carboxylic acid groups (broad SMARTS) is 1. The fourth-order valence-corrected chi connectivity index (χ4v) is 0.775. The molecule has 0 fully saturated rings. The Bertz CT molecular complexity index is 165. The number of carbonyl (C=O) groups is 1. The van der Waals surface area contributed by atoms with E-state index >= 15 is 0 Å². The molecule has 2 nitrogen and oxygen atoms in total. The molecule has 0 bridgehead atoms. The summed E-state index contributed by atoms with van der Waals surface area (Å²) in [5.41, 5.74) is 0. The molecule has 1 N–H and O–H groups in total. The van der Waals surface area contributed by atoms with Crippen LogP contribution in [0.5, 0.6) is 0 Å². The van der Waals surface area contributed by atoms with Crippen molar-refractivity contribution in [3.63, 3.8) is 0 Å². The van der Waals surface area contributed by atoms with Gasteiger partial charge in [-0.3, -0.25) is 4.79 Å². The Balaban J connectivity index is 4.10. The van der Waals surface area contributed by atoms with Gasteiger partial charge in [-0.1, -0.05) is 13.8 Å². The third-order valence-corrected chi connectivity index (χ3v) is 1.87. The molecule has 72 valence electrons. The van der Waals surface area contributed by atoms with Gasteiger partial charge in [-0.25, -0.2) is 0 Å². The van der Waals surface area contributed by atoms with Gasteiger partial charge >= 0.3 is 12.1 Å². The van der Waals surface area contributed by atoms with Crippen molar-refractivity contribution in [1.82, 2.24) is 0 Å². The number of carboxylic acids is 1. The lowest BCUT2D eigenvalue weighted by Crippen LogP contribution is -2.27. The molecule has 0 aromatic heterocycles. The zero-order valence-electron chi connectivity index (χ0n) is 6.85. The summed E-state index contributed by atoms with van der Waals surface area (Å²) in [5, 5.41) is 8.23. The van der Waals surface area contributed by atoms with Crippen molar-refractivity contribution in [3.05, 3.63) is 0 Å². The van der Waals surface area contributed by atoms with Crippen molar-refractivity contribution < 1.29 is 23.1 Å². The average Bonchev–Trinajstić information content (AvgIpc) is 1.82. The van der Waals surface area contributed by atoms with Crippen LogP contribution in [0.15, 0.2) is 0 Å². The molecule has 0 heterocycles. The van der Waals surface area contributed by atoms with Crippen LogP contribution in [0, 0.1) is 11.8 Å². The molecular formula is C7H11F3O2. The molecule has 5 heteroatoms. The molecule has 0 radical (unpaired) electrons. The largest absolute Gasteiger partial charge is 0.481 e. The molecular weight excluding hydrogens is 173 g/mol. The number of rotatable bonds is 3. The average molecular weight is 184 g/mol. The molecule has 0 aliphatic heterocycles. The minimum absolute atomic E-state index is 0.444. The highest BCUT2D eigenvalue weighted by molar-refractivity contribution is 5.66. The smallest absolute Gasteiger partial charge is 0.391 e. The van der Waals surface area contributed by atoms with E-state index in [2.05, 4.69) is 0 Å². The van der Waals surface area contributed by atoms with Crippen molar-refractivity contribution in [1.29, 1.82) is 0 Å². The second-order valence-electron chi connectivity index (χ2n) is 2.91. The van der Waals surface area contributed by atoms with E-state index < -0.39 is 30.4 Å². The van der Waals surface area contributed by atoms with Crippen LogP contribution in [0.25, 0.3) is 0 Å². The summed E-state index contributed by atoms with van der Waals surface area (Å²) in [6.07, 6.45) is -4.74. The van der Waals surface area contributed by atoms with E-state index in [1.807, 2.05) is 0 Å². The molecule has 0 rings (SSSR count). The molecule has 0 aliphatic carbocycles. The van der Waals surface area contributed by atoms with E-state index in [1.54, 1.807) is 0 Å². The molecule has 0 aromatic carbocycles. The Morgan fingerprint density at radius 1 is 1.42 bits per heavy atom. The van der Waals surface area contributed by atoms with Gasteiger partial charge in [0.2, 0.25) is 0 Å². The Morgan fingerprint density at radius 2 is 1.83 bits per heavy atom. The van der Waals surface area contributed by atoms with Crippen molar-refractivity contribution in [3.8, 4) is 0 Å². The van der Waals surface area contributed by atoms with Crippen LogP contribution in [0.3, 0.4) is 0 Å². The van der Waals surface area contributed by atoms with Gasteiger partial charge in [-0.2, -0.15) is 13.2 Å². The van der Waals surface area contributed by atoms with Gasteiger partial charge in [-0.05, 0) is 5.92 Å². The summed E-state index contributed by atoms with van der Waals surface area (Å²) in [6.45, 7) is 2.28. The van der Waals surface area contributed by atoms with Crippen molar-refractivity contribution in [2.75, 3.05) is 0 Å². The summed E-state index contributed by atoms with van der Waals surface area (Å²) in [4.78, 5) is 10.1. The van der Waals surface area contributed by atoms with Crippen LogP contribution < -0.4 is 0 Å². The maximum absolute atomic E-state index is 12.0. The minimum atomic E-state index is -4.30. The maximum atomic E-state index is 12.0. The third kappa shape index (κ3) is 3.59. The molecule has 0 spiro atoms. The lowest BCUT2D eigenvalue weighted by Gasteiger charge is -2.20. The van der Waals surface area contributed by atoms with Crippen LogP contribution in [-0.2, 0) is 4.79 Å². The highest BCUT2D eigenvalue weighted by atomic mass is 19.4.